The van der Waals surface area contributed by atoms with Crippen LogP contribution in [0.15, 0.2) is 199 Å². The van der Waals surface area contributed by atoms with E-state index in [0.29, 0.717) is 17.5 Å². The minimum Gasteiger partial charge on any atom is -0.454 e. The predicted octanol–water partition coefficient (Wildman–Crippen LogP) is 14.5. The van der Waals surface area contributed by atoms with Crippen LogP contribution in [-0.2, 0) is 0 Å². The number of furan rings is 1. The second-order valence-corrected chi connectivity index (χ2v) is 15.6. The Morgan fingerprint density at radius 1 is 0.333 bits per heavy atom. The van der Waals surface area contributed by atoms with Crippen LogP contribution in [0.5, 0.6) is 0 Å². The summed E-state index contributed by atoms with van der Waals surface area (Å²) in [5.74, 6) is 1.81. The van der Waals surface area contributed by atoms with E-state index in [1.165, 1.54) is 37.7 Å². The molecule has 0 bridgehead atoms. The van der Waals surface area contributed by atoms with Crippen molar-refractivity contribution in [3.63, 3.8) is 0 Å². The first-order chi connectivity index (χ1) is 29.7. The van der Waals surface area contributed by atoms with Gasteiger partial charge in [0.05, 0.1) is 16.7 Å². The van der Waals surface area contributed by atoms with E-state index in [9.17, 15) is 0 Å². The van der Waals surface area contributed by atoms with Gasteiger partial charge in [0.15, 0.2) is 23.1 Å². The number of aromatic nitrogens is 4. The Morgan fingerprint density at radius 2 is 0.950 bits per heavy atom. The minimum atomic E-state index is 0.584. The molecule has 0 aliphatic heterocycles. The molecule has 0 spiro atoms. The largest absolute Gasteiger partial charge is 0.454 e. The van der Waals surface area contributed by atoms with E-state index in [-0.39, 0.29) is 0 Å². The van der Waals surface area contributed by atoms with Gasteiger partial charge in [0.1, 0.15) is 5.58 Å². The van der Waals surface area contributed by atoms with Crippen molar-refractivity contribution < 1.29 is 4.42 Å². The quantitative estimate of drug-likeness (QED) is 0.167. The van der Waals surface area contributed by atoms with Gasteiger partial charge in [-0.05, 0) is 85.6 Å². The second kappa shape index (κ2) is 12.7. The Hall–Kier alpha value is -8.15. The van der Waals surface area contributed by atoms with Gasteiger partial charge in [-0.2, -0.15) is 0 Å². The lowest BCUT2D eigenvalue weighted by molar-refractivity contribution is 0.666. The van der Waals surface area contributed by atoms with Crippen molar-refractivity contribution in [2.24, 2.45) is 0 Å². The Bertz CT molecular complexity index is 3910. The molecule has 13 aromatic rings. The van der Waals surface area contributed by atoms with Crippen LogP contribution in [0.3, 0.4) is 0 Å². The minimum absolute atomic E-state index is 0.584. The summed E-state index contributed by atoms with van der Waals surface area (Å²) in [6, 6.07) is 68.6. The van der Waals surface area contributed by atoms with Gasteiger partial charge in [-0.3, -0.25) is 0 Å². The Morgan fingerprint density at radius 3 is 1.80 bits per heavy atom. The summed E-state index contributed by atoms with van der Waals surface area (Å²) in [5, 5.41) is 13.8. The van der Waals surface area contributed by atoms with Crippen molar-refractivity contribution in [2.75, 3.05) is 0 Å². The first kappa shape index (κ1) is 32.9. The number of fused-ring (bicyclic) bond motifs is 11. The van der Waals surface area contributed by atoms with E-state index in [1.54, 1.807) is 0 Å². The molecular formula is C55H32N4O. The van der Waals surface area contributed by atoms with Crippen LogP contribution in [0.25, 0.3) is 127 Å². The van der Waals surface area contributed by atoms with Gasteiger partial charge in [0.2, 0.25) is 0 Å². The number of nitrogens with zero attached hydrogens (tertiary/aromatic N) is 4. The molecule has 0 saturated carbocycles. The normalized spacial score (nSPS) is 12.0. The number of para-hydroxylation sites is 2. The Kier molecular flexibility index (Phi) is 6.95. The van der Waals surface area contributed by atoms with Crippen molar-refractivity contribution in [3.8, 4) is 39.9 Å². The van der Waals surface area contributed by atoms with Gasteiger partial charge in [-0.1, -0.05) is 152 Å². The van der Waals surface area contributed by atoms with Crippen molar-refractivity contribution in [1.82, 2.24) is 19.5 Å². The van der Waals surface area contributed by atoms with Gasteiger partial charge in [-0.25, -0.2) is 15.0 Å². The molecule has 3 heterocycles. The summed E-state index contributed by atoms with van der Waals surface area (Å²) in [6.07, 6.45) is 0. The summed E-state index contributed by atoms with van der Waals surface area (Å²) in [6.45, 7) is 0. The molecule has 0 radical (unpaired) electrons. The van der Waals surface area contributed by atoms with Crippen molar-refractivity contribution in [2.45, 2.75) is 0 Å². The van der Waals surface area contributed by atoms with Crippen LogP contribution in [0.2, 0.25) is 0 Å². The number of rotatable bonds is 4. The molecule has 5 heteroatoms. The third kappa shape index (κ3) is 4.96. The molecule has 5 nitrogen and oxygen atoms in total. The van der Waals surface area contributed by atoms with E-state index in [0.717, 1.165) is 71.5 Å². The van der Waals surface area contributed by atoms with E-state index in [1.807, 2.05) is 12.1 Å². The van der Waals surface area contributed by atoms with Crippen molar-refractivity contribution >= 4 is 86.8 Å². The standard InChI is InChI=1S/C55H32N4O/c1-2-15-36-31-49-46(29-35(36)14-1)43-19-7-9-22-48(43)59(49)50-32-39(30-47-44-20-8-10-23-51(44)60-52(47)50)54-56-53(57-55(58-54)45-21-11-16-33-12-3-6-18-41(33)45)38-26-27-42-37(28-38)25-24-34-13-4-5-17-40(34)42/h1-32H. The van der Waals surface area contributed by atoms with Gasteiger partial charge in [-0.15, -0.1) is 0 Å². The van der Waals surface area contributed by atoms with Crippen LogP contribution in [-0.4, -0.2) is 19.5 Å². The molecule has 60 heavy (non-hydrogen) atoms. The zero-order chi connectivity index (χ0) is 39.3. The molecule has 10 aromatic carbocycles. The van der Waals surface area contributed by atoms with Gasteiger partial charge < -0.3 is 8.98 Å². The highest BCUT2D eigenvalue weighted by molar-refractivity contribution is 6.16. The zero-order valence-electron chi connectivity index (χ0n) is 32.2. The van der Waals surface area contributed by atoms with Crippen molar-refractivity contribution in [1.29, 1.82) is 0 Å². The molecule has 0 aliphatic rings. The first-order valence-electron chi connectivity index (χ1n) is 20.3. The van der Waals surface area contributed by atoms with Crippen molar-refractivity contribution in [3.05, 3.63) is 194 Å². The summed E-state index contributed by atoms with van der Waals surface area (Å²) in [4.78, 5) is 16.0. The van der Waals surface area contributed by atoms with E-state index in [4.69, 9.17) is 19.4 Å². The molecule has 278 valence electrons. The highest BCUT2D eigenvalue weighted by atomic mass is 16.3. The Labute approximate surface area is 343 Å². The fraction of sp³-hybridized carbons (Fsp3) is 0. The molecule has 0 aliphatic carbocycles. The number of hydrogen-bond acceptors (Lipinski definition) is 4. The maximum Gasteiger partial charge on any atom is 0.164 e. The summed E-state index contributed by atoms with van der Waals surface area (Å²) >= 11 is 0. The topological polar surface area (TPSA) is 56.7 Å². The fourth-order valence-electron chi connectivity index (χ4n) is 9.35. The van der Waals surface area contributed by atoms with Gasteiger partial charge >= 0.3 is 0 Å². The maximum absolute atomic E-state index is 6.82. The molecule has 0 unspecified atom stereocenters. The van der Waals surface area contributed by atoms with Gasteiger partial charge in [0, 0.05) is 38.2 Å². The van der Waals surface area contributed by atoms with E-state index >= 15 is 0 Å². The molecule has 13 rings (SSSR count). The monoisotopic (exact) mass is 764 g/mol. The molecule has 0 atom stereocenters. The molecule has 0 fully saturated rings. The number of hydrogen-bond donors (Lipinski definition) is 0. The Balaban J connectivity index is 1.11. The van der Waals surface area contributed by atoms with Crippen LogP contribution in [0, 0.1) is 0 Å². The average Bonchev–Trinajstić information content (AvgIpc) is 3.85. The summed E-state index contributed by atoms with van der Waals surface area (Å²) in [5.41, 5.74) is 7.50. The van der Waals surface area contributed by atoms with Crippen LogP contribution >= 0.6 is 0 Å². The smallest absolute Gasteiger partial charge is 0.164 e. The molecule has 0 amide bonds. The van der Waals surface area contributed by atoms with Crippen LogP contribution in [0.4, 0.5) is 0 Å². The second-order valence-electron chi connectivity index (χ2n) is 15.6. The molecule has 0 saturated heterocycles. The first-order valence-corrected chi connectivity index (χ1v) is 20.3. The molecular weight excluding hydrogens is 733 g/mol. The lowest BCUT2D eigenvalue weighted by atomic mass is 10.00. The lowest BCUT2D eigenvalue weighted by Gasteiger charge is -2.14. The highest BCUT2D eigenvalue weighted by Crippen LogP contribution is 2.42. The lowest BCUT2D eigenvalue weighted by Crippen LogP contribution is -2.02. The fourth-order valence-corrected chi connectivity index (χ4v) is 9.35. The van der Waals surface area contributed by atoms with E-state index < -0.39 is 0 Å². The average molecular weight is 765 g/mol. The SMILES string of the molecule is c1ccc2cc3c(cc2c1)c1ccccc1n3-c1cc(-c2nc(-c3ccc4c(ccc5ccccc54)c3)nc(-c3cccc4ccccc34)n2)cc2c1oc1ccccc12. The predicted molar refractivity (Wildman–Crippen MR) is 248 cm³/mol. The summed E-state index contributed by atoms with van der Waals surface area (Å²) in [7, 11) is 0. The maximum atomic E-state index is 6.82. The summed E-state index contributed by atoms with van der Waals surface area (Å²) < 4.78 is 9.17. The third-order valence-corrected chi connectivity index (χ3v) is 12.2. The molecule has 0 N–H and O–H groups in total. The number of benzene rings is 10. The highest BCUT2D eigenvalue weighted by Gasteiger charge is 2.22. The zero-order valence-corrected chi connectivity index (χ0v) is 32.2. The van der Waals surface area contributed by atoms with Gasteiger partial charge in [0.25, 0.3) is 0 Å². The molecule has 3 aromatic heterocycles. The third-order valence-electron chi connectivity index (χ3n) is 12.2. The van der Waals surface area contributed by atoms with Crippen LogP contribution < -0.4 is 0 Å². The van der Waals surface area contributed by atoms with E-state index in [2.05, 4.69) is 187 Å². The van der Waals surface area contributed by atoms with Crippen LogP contribution in [0.1, 0.15) is 0 Å².